The quantitative estimate of drug-likeness (QED) is 0.751. The van der Waals surface area contributed by atoms with E-state index in [4.69, 9.17) is 21.1 Å². The molecule has 1 fully saturated rings. The second-order valence-corrected chi connectivity index (χ2v) is 5.02. The Morgan fingerprint density at radius 2 is 1.88 bits per heavy atom. The molecule has 1 saturated carbocycles. The zero-order valence-electron chi connectivity index (χ0n) is 10.4. The molecule has 0 bridgehead atoms. The number of methoxy groups -OCH3 is 2. The van der Waals surface area contributed by atoms with Crippen molar-refractivity contribution in [2.24, 2.45) is 5.92 Å². The van der Waals surface area contributed by atoms with E-state index in [9.17, 15) is 0 Å². The Hall–Kier alpha value is -0.890. The number of rotatable bonds is 4. The molecule has 0 N–H and O–H groups in total. The lowest BCUT2D eigenvalue weighted by Crippen LogP contribution is -2.05. The van der Waals surface area contributed by atoms with Crippen LogP contribution in [0.25, 0.3) is 0 Å². The van der Waals surface area contributed by atoms with Crippen molar-refractivity contribution in [1.82, 2.24) is 0 Å². The number of halogens is 1. The highest BCUT2D eigenvalue weighted by Crippen LogP contribution is 2.43. The predicted octanol–water partition coefficient (Wildman–Crippen LogP) is 4.17. The molecule has 2 rings (SSSR count). The summed E-state index contributed by atoms with van der Waals surface area (Å²) in [5.74, 6) is 2.22. The minimum absolute atomic E-state index is 0.0540. The molecule has 0 heterocycles. The Bertz CT molecular complexity index is 372. The number of alkyl halides is 1. The smallest absolute Gasteiger partial charge is 0.127 e. The fourth-order valence-electron chi connectivity index (χ4n) is 2.55. The molecule has 0 amide bonds. The summed E-state index contributed by atoms with van der Waals surface area (Å²) in [5, 5.41) is 0.0540. The van der Waals surface area contributed by atoms with Crippen molar-refractivity contribution in [2.45, 2.75) is 31.1 Å². The third-order valence-corrected chi connectivity index (χ3v) is 4.14. The molecule has 1 unspecified atom stereocenters. The van der Waals surface area contributed by atoms with E-state index in [-0.39, 0.29) is 5.38 Å². The van der Waals surface area contributed by atoms with Gasteiger partial charge in [-0.05, 0) is 24.8 Å². The molecular weight excluding hydrogens is 236 g/mol. The first-order valence-electron chi connectivity index (χ1n) is 6.12. The van der Waals surface area contributed by atoms with Crippen LogP contribution in [0.15, 0.2) is 18.2 Å². The number of hydrogen-bond donors (Lipinski definition) is 0. The van der Waals surface area contributed by atoms with Crippen LogP contribution in [-0.2, 0) is 0 Å². The van der Waals surface area contributed by atoms with Crippen molar-refractivity contribution >= 4 is 11.6 Å². The maximum atomic E-state index is 6.57. The van der Waals surface area contributed by atoms with Crippen molar-refractivity contribution in [2.75, 3.05) is 14.2 Å². The predicted molar refractivity (Wildman–Crippen MR) is 70.1 cm³/mol. The van der Waals surface area contributed by atoms with E-state index >= 15 is 0 Å². The van der Waals surface area contributed by atoms with Crippen molar-refractivity contribution < 1.29 is 9.47 Å². The van der Waals surface area contributed by atoms with Gasteiger partial charge in [0, 0.05) is 11.6 Å². The van der Waals surface area contributed by atoms with Gasteiger partial charge in [-0.1, -0.05) is 18.9 Å². The van der Waals surface area contributed by atoms with Crippen molar-refractivity contribution in [1.29, 1.82) is 0 Å². The molecule has 3 heteroatoms. The number of hydrogen-bond acceptors (Lipinski definition) is 2. The molecule has 2 nitrogen and oxygen atoms in total. The number of benzene rings is 1. The van der Waals surface area contributed by atoms with Crippen LogP contribution in [0, 0.1) is 5.92 Å². The van der Waals surface area contributed by atoms with Gasteiger partial charge in [0.15, 0.2) is 0 Å². The largest absolute Gasteiger partial charge is 0.497 e. The average molecular weight is 255 g/mol. The molecule has 0 aromatic heterocycles. The summed E-state index contributed by atoms with van der Waals surface area (Å²) in [5.41, 5.74) is 1.09. The lowest BCUT2D eigenvalue weighted by atomic mass is 9.96. The summed E-state index contributed by atoms with van der Waals surface area (Å²) in [6.45, 7) is 0. The van der Waals surface area contributed by atoms with E-state index < -0.39 is 0 Å². The molecule has 1 aromatic rings. The lowest BCUT2D eigenvalue weighted by Gasteiger charge is -2.20. The summed E-state index contributed by atoms with van der Waals surface area (Å²) >= 11 is 6.57. The highest BCUT2D eigenvalue weighted by molar-refractivity contribution is 6.21. The van der Waals surface area contributed by atoms with Crippen LogP contribution >= 0.6 is 11.6 Å². The van der Waals surface area contributed by atoms with Crippen LogP contribution in [0.4, 0.5) is 0 Å². The van der Waals surface area contributed by atoms with Gasteiger partial charge in [0.05, 0.1) is 19.6 Å². The summed E-state index contributed by atoms with van der Waals surface area (Å²) in [4.78, 5) is 0. The second-order valence-electron chi connectivity index (χ2n) is 4.55. The Balaban J connectivity index is 2.23. The van der Waals surface area contributed by atoms with E-state index in [0.29, 0.717) is 5.92 Å². The zero-order chi connectivity index (χ0) is 12.3. The molecule has 94 valence electrons. The number of ether oxygens (including phenoxy) is 2. The van der Waals surface area contributed by atoms with Crippen molar-refractivity contribution in [3.05, 3.63) is 23.8 Å². The van der Waals surface area contributed by atoms with Crippen LogP contribution in [0.2, 0.25) is 0 Å². The maximum Gasteiger partial charge on any atom is 0.127 e. The van der Waals surface area contributed by atoms with Crippen LogP contribution in [-0.4, -0.2) is 14.2 Å². The van der Waals surface area contributed by atoms with Crippen molar-refractivity contribution in [3.8, 4) is 11.5 Å². The first-order valence-corrected chi connectivity index (χ1v) is 6.56. The van der Waals surface area contributed by atoms with Crippen LogP contribution in [0.3, 0.4) is 0 Å². The molecule has 17 heavy (non-hydrogen) atoms. The highest BCUT2D eigenvalue weighted by Gasteiger charge is 2.26. The van der Waals surface area contributed by atoms with E-state index in [2.05, 4.69) is 0 Å². The Kier molecular flexibility index (Phi) is 4.16. The summed E-state index contributed by atoms with van der Waals surface area (Å²) in [7, 11) is 3.33. The van der Waals surface area contributed by atoms with Gasteiger partial charge in [-0.25, -0.2) is 0 Å². The molecule has 1 aromatic carbocycles. The van der Waals surface area contributed by atoms with E-state index in [1.54, 1.807) is 14.2 Å². The fraction of sp³-hybridized carbons (Fsp3) is 0.571. The van der Waals surface area contributed by atoms with Gasteiger partial charge in [-0.2, -0.15) is 0 Å². The molecule has 0 spiro atoms. The van der Waals surface area contributed by atoms with Crippen molar-refractivity contribution in [3.63, 3.8) is 0 Å². The SMILES string of the molecule is COc1ccc(C(Cl)C2CCCC2)c(OC)c1. The highest BCUT2D eigenvalue weighted by atomic mass is 35.5. The van der Waals surface area contributed by atoms with Crippen LogP contribution in [0.1, 0.15) is 36.6 Å². The average Bonchev–Trinajstić information content (AvgIpc) is 2.91. The van der Waals surface area contributed by atoms with E-state index in [1.807, 2.05) is 18.2 Å². The molecule has 0 radical (unpaired) electrons. The van der Waals surface area contributed by atoms with E-state index in [0.717, 1.165) is 17.1 Å². The molecule has 1 aliphatic rings. The second kappa shape index (κ2) is 5.63. The lowest BCUT2D eigenvalue weighted by molar-refractivity contribution is 0.386. The summed E-state index contributed by atoms with van der Waals surface area (Å²) in [6.07, 6.45) is 5.05. The van der Waals surface area contributed by atoms with Crippen LogP contribution < -0.4 is 9.47 Å². The third-order valence-electron chi connectivity index (χ3n) is 3.55. The summed E-state index contributed by atoms with van der Waals surface area (Å²) in [6, 6.07) is 5.87. The van der Waals surface area contributed by atoms with Gasteiger partial charge in [0.2, 0.25) is 0 Å². The first kappa shape index (κ1) is 12.6. The Labute approximate surface area is 108 Å². The zero-order valence-corrected chi connectivity index (χ0v) is 11.2. The van der Waals surface area contributed by atoms with Crippen LogP contribution in [0.5, 0.6) is 11.5 Å². The van der Waals surface area contributed by atoms with Gasteiger partial charge in [-0.3, -0.25) is 0 Å². The van der Waals surface area contributed by atoms with E-state index in [1.165, 1.54) is 25.7 Å². The molecule has 0 saturated heterocycles. The Morgan fingerprint density at radius 1 is 1.18 bits per heavy atom. The maximum absolute atomic E-state index is 6.57. The van der Waals surface area contributed by atoms with Gasteiger partial charge in [0.25, 0.3) is 0 Å². The minimum atomic E-state index is 0.0540. The third kappa shape index (κ3) is 2.68. The molecule has 1 aliphatic carbocycles. The normalized spacial score (nSPS) is 18.1. The molecule has 1 atom stereocenters. The monoisotopic (exact) mass is 254 g/mol. The standard InChI is InChI=1S/C14H19ClO2/c1-16-11-7-8-12(13(9-11)17-2)14(15)10-5-3-4-6-10/h7-10,14H,3-6H2,1-2H3. The molecule has 0 aliphatic heterocycles. The van der Waals surface area contributed by atoms with Gasteiger partial charge in [-0.15, -0.1) is 11.6 Å². The first-order chi connectivity index (χ1) is 8.26. The van der Waals surface area contributed by atoms with Gasteiger partial charge < -0.3 is 9.47 Å². The fourth-order valence-corrected chi connectivity index (χ4v) is 2.98. The van der Waals surface area contributed by atoms with Gasteiger partial charge in [0.1, 0.15) is 11.5 Å². The molecular formula is C14H19ClO2. The summed E-state index contributed by atoms with van der Waals surface area (Å²) < 4.78 is 10.6. The topological polar surface area (TPSA) is 18.5 Å². The van der Waals surface area contributed by atoms with Gasteiger partial charge >= 0.3 is 0 Å². The Morgan fingerprint density at radius 3 is 2.47 bits per heavy atom. The minimum Gasteiger partial charge on any atom is -0.497 e.